The molecule has 3 aromatic carbocycles. The van der Waals surface area contributed by atoms with Crippen molar-refractivity contribution in [3.63, 3.8) is 0 Å². The van der Waals surface area contributed by atoms with Crippen LogP contribution in [0.5, 0.6) is 0 Å². The second-order valence-electron chi connectivity index (χ2n) is 9.35. The number of nitrogens with one attached hydrogen (secondary N) is 1. The van der Waals surface area contributed by atoms with Crippen LogP contribution >= 0.6 is 0 Å². The van der Waals surface area contributed by atoms with Crippen molar-refractivity contribution in [2.75, 3.05) is 7.05 Å². The van der Waals surface area contributed by atoms with Gasteiger partial charge < -0.3 is 15.3 Å². The Hall–Kier alpha value is -4.35. The minimum atomic E-state index is -5.16. The SMILES string of the molecule is CN1C(=O)c2ccccc2C(C(=O)NC(Cc2ccccc2)C(=O)O)C1c1cc(C(F)(F)F)cc(C(F)(F)F)c1. The first kappa shape index (κ1) is 28.7. The van der Waals surface area contributed by atoms with Gasteiger partial charge in [-0.1, -0.05) is 48.5 Å². The molecule has 0 aliphatic carbocycles. The lowest BCUT2D eigenvalue weighted by Gasteiger charge is -2.40. The number of rotatable bonds is 6. The van der Waals surface area contributed by atoms with Crippen LogP contribution in [-0.2, 0) is 28.4 Å². The van der Waals surface area contributed by atoms with Gasteiger partial charge in [0.25, 0.3) is 5.91 Å². The Balaban J connectivity index is 1.85. The van der Waals surface area contributed by atoms with Crippen LogP contribution in [0.3, 0.4) is 0 Å². The second kappa shape index (κ2) is 10.7. The highest BCUT2D eigenvalue weighted by Gasteiger charge is 2.45. The third-order valence-electron chi connectivity index (χ3n) is 6.71. The molecule has 1 aliphatic rings. The number of fused-ring (bicyclic) bond motifs is 1. The molecule has 1 heterocycles. The molecule has 0 saturated heterocycles. The van der Waals surface area contributed by atoms with Gasteiger partial charge in [0.05, 0.1) is 23.1 Å². The number of carboxylic acid groups (broad SMARTS) is 1. The molecule has 1 aliphatic heterocycles. The molecule has 3 atom stereocenters. The molecular weight excluding hydrogens is 542 g/mol. The molecule has 6 nitrogen and oxygen atoms in total. The standard InChI is InChI=1S/C28H22F6N2O4/c1-36-23(16-12-17(27(29,30)31)14-18(13-16)28(32,33)34)22(19-9-5-6-10-20(19)25(36)38)24(37)35-21(26(39)40)11-15-7-3-2-4-8-15/h2-10,12-14,21-23H,11H2,1H3,(H,35,37)(H,39,40). The summed E-state index contributed by atoms with van der Waals surface area (Å²) in [5, 5.41) is 12.2. The summed E-state index contributed by atoms with van der Waals surface area (Å²) in [6.45, 7) is 0. The lowest BCUT2D eigenvalue weighted by Crippen LogP contribution is -2.50. The van der Waals surface area contributed by atoms with Crippen LogP contribution in [0.2, 0.25) is 0 Å². The van der Waals surface area contributed by atoms with E-state index in [0.717, 1.165) is 11.9 Å². The van der Waals surface area contributed by atoms with Crippen LogP contribution in [0.25, 0.3) is 0 Å². The quantitative estimate of drug-likeness (QED) is 0.390. The summed E-state index contributed by atoms with van der Waals surface area (Å²) in [5.41, 5.74) is -3.17. The summed E-state index contributed by atoms with van der Waals surface area (Å²) in [5.74, 6) is -4.64. The first-order valence-electron chi connectivity index (χ1n) is 11.9. The van der Waals surface area contributed by atoms with Crippen LogP contribution in [0, 0.1) is 0 Å². The van der Waals surface area contributed by atoms with Crippen LogP contribution in [-0.4, -0.2) is 40.9 Å². The van der Waals surface area contributed by atoms with Crippen LogP contribution in [0.1, 0.15) is 50.1 Å². The molecule has 4 rings (SSSR count). The second-order valence-corrected chi connectivity index (χ2v) is 9.35. The van der Waals surface area contributed by atoms with Crippen molar-refractivity contribution in [2.24, 2.45) is 0 Å². The van der Waals surface area contributed by atoms with Crippen molar-refractivity contribution < 1.29 is 45.8 Å². The van der Waals surface area contributed by atoms with Gasteiger partial charge in [0.1, 0.15) is 6.04 Å². The minimum Gasteiger partial charge on any atom is -0.480 e. The Morgan fingerprint density at radius 3 is 2.00 bits per heavy atom. The predicted molar refractivity (Wildman–Crippen MR) is 130 cm³/mol. The molecule has 3 unspecified atom stereocenters. The lowest BCUT2D eigenvalue weighted by molar-refractivity contribution is -0.143. The maximum atomic E-state index is 13.7. The maximum Gasteiger partial charge on any atom is 0.416 e. The fraction of sp³-hybridized carbons (Fsp3) is 0.250. The molecule has 210 valence electrons. The van der Waals surface area contributed by atoms with E-state index < -0.39 is 64.8 Å². The zero-order valence-corrected chi connectivity index (χ0v) is 20.8. The van der Waals surface area contributed by atoms with Crippen molar-refractivity contribution >= 4 is 17.8 Å². The van der Waals surface area contributed by atoms with E-state index >= 15 is 0 Å². The highest BCUT2D eigenvalue weighted by atomic mass is 19.4. The van der Waals surface area contributed by atoms with Crippen molar-refractivity contribution in [3.8, 4) is 0 Å². The van der Waals surface area contributed by atoms with E-state index in [1.807, 2.05) is 0 Å². The number of aliphatic carboxylic acids is 1. The largest absolute Gasteiger partial charge is 0.480 e. The van der Waals surface area contributed by atoms with Crippen molar-refractivity contribution in [2.45, 2.75) is 36.8 Å². The third-order valence-corrected chi connectivity index (χ3v) is 6.71. The van der Waals surface area contributed by atoms with Gasteiger partial charge in [0.15, 0.2) is 0 Å². The monoisotopic (exact) mass is 564 g/mol. The first-order valence-corrected chi connectivity index (χ1v) is 11.9. The number of likely N-dealkylation sites (N-methyl/N-ethyl adjacent to an activating group) is 1. The predicted octanol–water partition coefficient (Wildman–Crippen LogP) is 5.45. The Morgan fingerprint density at radius 2 is 1.45 bits per heavy atom. The summed E-state index contributed by atoms with van der Waals surface area (Å²) in [6, 6.07) is 11.8. The molecule has 0 fully saturated rings. The Morgan fingerprint density at radius 1 is 0.900 bits per heavy atom. The van der Waals surface area contributed by atoms with E-state index in [4.69, 9.17) is 0 Å². The van der Waals surface area contributed by atoms with Gasteiger partial charge >= 0.3 is 18.3 Å². The summed E-state index contributed by atoms with van der Waals surface area (Å²) >= 11 is 0. The topological polar surface area (TPSA) is 86.7 Å². The molecule has 3 aromatic rings. The molecule has 12 heteroatoms. The summed E-state index contributed by atoms with van der Waals surface area (Å²) in [7, 11) is 1.16. The number of halogens is 6. The van der Waals surface area contributed by atoms with Crippen LogP contribution < -0.4 is 5.32 Å². The molecule has 40 heavy (non-hydrogen) atoms. The Labute approximate surface area is 224 Å². The number of carbonyl (C=O) groups is 3. The van der Waals surface area contributed by atoms with E-state index in [2.05, 4.69) is 5.32 Å². The van der Waals surface area contributed by atoms with Gasteiger partial charge in [-0.3, -0.25) is 9.59 Å². The van der Waals surface area contributed by atoms with Crippen molar-refractivity contribution in [3.05, 3.63) is 106 Å². The molecule has 0 aromatic heterocycles. The zero-order chi connectivity index (χ0) is 29.4. The zero-order valence-electron chi connectivity index (χ0n) is 20.8. The van der Waals surface area contributed by atoms with Gasteiger partial charge in [-0.05, 0) is 41.0 Å². The average molecular weight is 564 g/mol. The van der Waals surface area contributed by atoms with E-state index in [0.29, 0.717) is 17.7 Å². The van der Waals surface area contributed by atoms with Crippen molar-refractivity contribution in [1.82, 2.24) is 10.2 Å². The molecule has 2 N–H and O–H groups in total. The number of benzene rings is 3. The van der Waals surface area contributed by atoms with Gasteiger partial charge in [-0.25, -0.2) is 4.79 Å². The molecule has 0 saturated carbocycles. The van der Waals surface area contributed by atoms with Crippen molar-refractivity contribution in [1.29, 1.82) is 0 Å². The van der Waals surface area contributed by atoms with Gasteiger partial charge in [0, 0.05) is 19.0 Å². The van der Waals surface area contributed by atoms with Crippen LogP contribution in [0.4, 0.5) is 26.3 Å². The number of nitrogens with zero attached hydrogens (tertiary/aromatic N) is 1. The van der Waals surface area contributed by atoms with Gasteiger partial charge in [0.2, 0.25) is 5.91 Å². The van der Waals surface area contributed by atoms with Gasteiger partial charge in [-0.2, -0.15) is 26.3 Å². The number of carbonyl (C=O) groups excluding carboxylic acids is 2. The molecule has 0 bridgehead atoms. The van der Waals surface area contributed by atoms with Gasteiger partial charge in [-0.15, -0.1) is 0 Å². The number of hydrogen-bond acceptors (Lipinski definition) is 3. The highest BCUT2D eigenvalue weighted by Crippen LogP contribution is 2.45. The number of alkyl halides is 6. The maximum absolute atomic E-state index is 13.7. The molecule has 2 amide bonds. The normalized spacial score (nSPS) is 18.2. The fourth-order valence-corrected chi connectivity index (χ4v) is 4.83. The van der Waals surface area contributed by atoms with E-state index in [1.165, 1.54) is 24.3 Å². The molecular formula is C28H22F6N2O4. The highest BCUT2D eigenvalue weighted by molar-refractivity contribution is 6.01. The third kappa shape index (κ3) is 5.80. The average Bonchev–Trinajstić information content (AvgIpc) is 2.89. The van der Waals surface area contributed by atoms with Crippen LogP contribution in [0.15, 0.2) is 72.8 Å². The Bertz CT molecular complexity index is 1410. The number of hydrogen-bond donors (Lipinski definition) is 2. The molecule has 0 radical (unpaired) electrons. The number of carboxylic acids is 1. The number of amides is 2. The van der Waals surface area contributed by atoms with E-state index in [9.17, 15) is 45.8 Å². The van der Waals surface area contributed by atoms with E-state index in [-0.39, 0.29) is 23.6 Å². The summed E-state index contributed by atoms with van der Waals surface area (Å²) < 4.78 is 81.9. The fourth-order valence-electron chi connectivity index (χ4n) is 4.83. The first-order chi connectivity index (χ1) is 18.7. The lowest BCUT2D eigenvalue weighted by atomic mass is 9.78. The molecule has 0 spiro atoms. The summed E-state index contributed by atoms with van der Waals surface area (Å²) in [6.07, 6.45) is -10.5. The van der Waals surface area contributed by atoms with E-state index in [1.54, 1.807) is 30.3 Å². The Kier molecular flexibility index (Phi) is 7.64. The minimum absolute atomic E-state index is 0.0133. The smallest absolute Gasteiger partial charge is 0.416 e. The summed E-state index contributed by atoms with van der Waals surface area (Å²) in [4.78, 5) is 39.8.